The number of nitro groups is 1. The van der Waals surface area contributed by atoms with Gasteiger partial charge in [-0.3, -0.25) is 19.7 Å². The van der Waals surface area contributed by atoms with Crippen LogP contribution in [0.25, 0.3) is 5.69 Å². The number of amides is 1. The molecule has 0 radical (unpaired) electrons. The molecule has 0 bridgehead atoms. The lowest BCUT2D eigenvalue weighted by atomic mass is 10.0. The van der Waals surface area contributed by atoms with E-state index in [4.69, 9.17) is 11.6 Å². The smallest absolute Gasteiger partial charge is 0.292 e. The van der Waals surface area contributed by atoms with E-state index >= 15 is 0 Å². The van der Waals surface area contributed by atoms with Crippen LogP contribution in [0.2, 0.25) is 5.02 Å². The quantitative estimate of drug-likeness (QED) is 0.585. The van der Waals surface area contributed by atoms with Gasteiger partial charge in [-0.15, -0.1) is 0 Å². The highest BCUT2D eigenvalue weighted by atomic mass is 35.5. The van der Waals surface area contributed by atoms with E-state index in [0.29, 0.717) is 5.69 Å². The van der Waals surface area contributed by atoms with Gasteiger partial charge < -0.3 is 10.6 Å². The topological polar surface area (TPSA) is 119 Å². The molecule has 1 aromatic carbocycles. The Morgan fingerprint density at radius 1 is 1.31 bits per heavy atom. The van der Waals surface area contributed by atoms with Gasteiger partial charge in [0.05, 0.1) is 22.5 Å². The highest BCUT2D eigenvalue weighted by Crippen LogP contribution is 2.20. The Hall–Kier alpha value is -2.94. The van der Waals surface area contributed by atoms with Crippen LogP contribution in [-0.4, -0.2) is 33.7 Å². The van der Waals surface area contributed by atoms with Crippen LogP contribution in [0, 0.1) is 16.0 Å². The summed E-state index contributed by atoms with van der Waals surface area (Å²) >= 11 is 6.15. The Labute approximate surface area is 154 Å². The molecule has 138 valence electrons. The first-order chi connectivity index (χ1) is 12.3. The Balaban J connectivity index is 2.37. The Morgan fingerprint density at radius 2 is 1.92 bits per heavy atom. The number of nitrogens with one attached hydrogen (secondary N) is 2. The van der Waals surface area contributed by atoms with E-state index in [9.17, 15) is 19.7 Å². The monoisotopic (exact) mass is 379 g/mol. The largest absolute Gasteiger partial charge is 0.371 e. The third-order valence-corrected chi connectivity index (χ3v) is 4.10. The molecular formula is C16H18ClN5O4. The predicted octanol–water partition coefficient (Wildman–Crippen LogP) is 1.98. The summed E-state index contributed by atoms with van der Waals surface area (Å²) in [6.45, 7) is 3.71. The summed E-state index contributed by atoms with van der Waals surface area (Å²) in [5.41, 5.74) is -0.139. The number of carbonyl (C=O) groups excluding carboxylic acids is 1. The van der Waals surface area contributed by atoms with E-state index in [1.807, 2.05) is 13.8 Å². The second-order valence-corrected chi connectivity index (χ2v) is 6.22. The van der Waals surface area contributed by atoms with Crippen molar-refractivity contribution in [2.45, 2.75) is 19.9 Å². The normalized spacial score (nSPS) is 11.9. The molecule has 1 aromatic heterocycles. The van der Waals surface area contributed by atoms with E-state index in [0.717, 1.165) is 4.68 Å². The molecule has 0 aliphatic heterocycles. The minimum atomic E-state index is -0.607. The van der Waals surface area contributed by atoms with Gasteiger partial charge in [-0.1, -0.05) is 25.4 Å². The number of carbonyl (C=O) groups is 1. The molecule has 2 rings (SSSR count). The molecule has 0 saturated carbocycles. The summed E-state index contributed by atoms with van der Waals surface area (Å²) in [5, 5.41) is 20.1. The van der Waals surface area contributed by atoms with Gasteiger partial charge in [-0.2, -0.15) is 9.78 Å². The first-order valence-corrected chi connectivity index (χ1v) is 8.14. The molecule has 10 heteroatoms. The van der Waals surface area contributed by atoms with Crippen molar-refractivity contribution in [1.29, 1.82) is 0 Å². The van der Waals surface area contributed by atoms with Gasteiger partial charge in [0.25, 0.3) is 11.2 Å². The zero-order valence-electron chi connectivity index (χ0n) is 14.4. The molecule has 0 aliphatic rings. The number of non-ortho nitro benzene ring substituents is 1. The van der Waals surface area contributed by atoms with Crippen LogP contribution < -0.4 is 16.2 Å². The van der Waals surface area contributed by atoms with E-state index in [2.05, 4.69) is 15.7 Å². The fraction of sp³-hybridized carbons (Fsp3) is 0.312. The average Bonchev–Trinajstić information content (AvgIpc) is 2.62. The van der Waals surface area contributed by atoms with Gasteiger partial charge in [-0.25, -0.2) is 0 Å². The van der Waals surface area contributed by atoms with Crippen molar-refractivity contribution >= 4 is 28.9 Å². The van der Waals surface area contributed by atoms with Crippen molar-refractivity contribution < 1.29 is 9.72 Å². The maximum atomic E-state index is 12.5. The number of nitrogens with zero attached hydrogens (tertiary/aromatic N) is 3. The zero-order chi connectivity index (χ0) is 19.4. The lowest BCUT2D eigenvalue weighted by Crippen LogP contribution is -2.42. The molecule has 26 heavy (non-hydrogen) atoms. The molecule has 0 fully saturated rings. The summed E-state index contributed by atoms with van der Waals surface area (Å²) in [5.74, 6) is -0.293. The summed E-state index contributed by atoms with van der Waals surface area (Å²) in [4.78, 5) is 34.6. The number of benzene rings is 1. The number of aromatic nitrogens is 2. The summed E-state index contributed by atoms with van der Waals surface area (Å²) in [7, 11) is 1.52. The second-order valence-electron chi connectivity index (χ2n) is 5.84. The fourth-order valence-corrected chi connectivity index (χ4v) is 2.47. The molecule has 2 aromatic rings. The van der Waals surface area contributed by atoms with Gasteiger partial charge in [0.15, 0.2) is 0 Å². The number of hydrogen-bond donors (Lipinski definition) is 2. The third-order valence-electron chi connectivity index (χ3n) is 3.73. The summed E-state index contributed by atoms with van der Waals surface area (Å²) in [6.07, 6.45) is 1.34. The SMILES string of the molecule is CNC(=O)C(Nc1cnn(-c2ccc([N+](=O)[O-])cc2)c(=O)c1Cl)C(C)C. The molecule has 1 heterocycles. The first-order valence-electron chi connectivity index (χ1n) is 7.77. The third kappa shape index (κ3) is 3.99. The zero-order valence-corrected chi connectivity index (χ0v) is 15.1. The van der Waals surface area contributed by atoms with Crippen LogP contribution in [0.5, 0.6) is 0 Å². The minimum Gasteiger partial charge on any atom is -0.371 e. The number of likely N-dealkylation sites (N-methyl/N-ethyl adjacent to an activating group) is 1. The summed E-state index contributed by atoms with van der Waals surface area (Å²) in [6, 6.07) is 4.75. The van der Waals surface area contributed by atoms with Crippen LogP contribution in [0.1, 0.15) is 13.8 Å². The molecule has 9 nitrogen and oxygen atoms in total. The molecular weight excluding hydrogens is 362 g/mol. The molecule has 1 unspecified atom stereocenters. The van der Waals surface area contributed by atoms with E-state index in [-0.39, 0.29) is 28.2 Å². The van der Waals surface area contributed by atoms with E-state index in [1.54, 1.807) is 0 Å². The first kappa shape index (κ1) is 19.4. The number of nitro benzene ring substituents is 1. The number of anilines is 1. The molecule has 0 aliphatic carbocycles. The van der Waals surface area contributed by atoms with Gasteiger partial charge in [0.1, 0.15) is 11.1 Å². The van der Waals surface area contributed by atoms with Crippen LogP contribution in [0.15, 0.2) is 35.3 Å². The maximum absolute atomic E-state index is 12.5. The maximum Gasteiger partial charge on any atom is 0.292 e. The van der Waals surface area contributed by atoms with Gasteiger partial charge in [-0.05, 0) is 18.1 Å². The van der Waals surface area contributed by atoms with Crippen molar-refractivity contribution in [1.82, 2.24) is 15.1 Å². The van der Waals surface area contributed by atoms with Crippen molar-refractivity contribution in [2.75, 3.05) is 12.4 Å². The highest BCUT2D eigenvalue weighted by Gasteiger charge is 2.23. The second kappa shape index (κ2) is 7.96. The van der Waals surface area contributed by atoms with Crippen LogP contribution in [-0.2, 0) is 4.79 Å². The van der Waals surface area contributed by atoms with Crippen molar-refractivity contribution in [2.24, 2.45) is 5.92 Å². The minimum absolute atomic E-state index is 0.0527. The number of hydrogen-bond acceptors (Lipinski definition) is 6. The molecule has 2 N–H and O–H groups in total. The van der Waals surface area contributed by atoms with E-state index < -0.39 is 16.5 Å². The number of halogens is 1. The lowest BCUT2D eigenvalue weighted by Gasteiger charge is -2.22. The molecule has 1 amide bonds. The van der Waals surface area contributed by atoms with Gasteiger partial charge in [0, 0.05) is 19.2 Å². The Kier molecular flexibility index (Phi) is 5.93. The Morgan fingerprint density at radius 3 is 2.42 bits per heavy atom. The van der Waals surface area contributed by atoms with E-state index in [1.165, 1.54) is 37.5 Å². The number of rotatable bonds is 6. The lowest BCUT2D eigenvalue weighted by molar-refractivity contribution is -0.384. The molecule has 0 saturated heterocycles. The van der Waals surface area contributed by atoms with Crippen molar-refractivity contribution in [3.8, 4) is 5.69 Å². The highest BCUT2D eigenvalue weighted by molar-refractivity contribution is 6.33. The Bertz CT molecular complexity index is 879. The van der Waals surface area contributed by atoms with Crippen molar-refractivity contribution in [3.05, 3.63) is 56.0 Å². The molecule has 0 spiro atoms. The van der Waals surface area contributed by atoms with Crippen LogP contribution >= 0.6 is 11.6 Å². The summed E-state index contributed by atoms with van der Waals surface area (Å²) < 4.78 is 1.03. The fourth-order valence-electron chi connectivity index (χ4n) is 2.29. The van der Waals surface area contributed by atoms with Crippen LogP contribution in [0.3, 0.4) is 0 Å². The molecule has 1 atom stereocenters. The van der Waals surface area contributed by atoms with Gasteiger partial charge in [0.2, 0.25) is 5.91 Å². The van der Waals surface area contributed by atoms with Gasteiger partial charge >= 0.3 is 0 Å². The van der Waals surface area contributed by atoms with Crippen molar-refractivity contribution in [3.63, 3.8) is 0 Å². The standard InChI is InChI=1S/C16H18ClN5O4/c1-9(2)14(15(23)18-3)20-12-8-19-21(16(24)13(12)17)10-4-6-11(7-5-10)22(25)26/h4-9,14,20H,1-3H3,(H,18,23). The predicted molar refractivity (Wildman–Crippen MR) is 97.8 cm³/mol. The van der Waals surface area contributed by atoms with Crippen LogP contribution in [0.4, 0.5) is 11.4 Å². The average molecular weight is 380 g/mol.